The molecule has 0 spiro atoms. The number of hydrogen-bond acceptors (Lipinski definition) is 6. The summed E-state index contributed by atoms with van der Waals surface area (Å²) in [5.74, 6) is 2.03. The molecule has 2 N–H and O–H groups in total. The van der Waals surface area contributed by atoms with Crippen LogP contribution in [0.15, 0.2) is 48.5 Å². The maximum absolute atomic E-state index is 9.59. The molecule has 0 fully saturated rings. The molecular weight excluding hydrogens is 416 g/mol. The fourth-order valence-corrected chi connectivity index (χ4v) is 3.61. The van der Waals surface area contributed by atoms with Crippen molar-refractivity contribution in [3.05, 3.63) is 76.3 Å². The van der Waals surface area contributed by atoms with Crippen molar-refractivity contribution >= 4 is 11.6 Å². The number of aliphatic hydroxyl groups is 1. The highest BCUT2D eigenvalue weighted by Gasteiger charge is 2.17. The number of imidazole rings is 1. The molecule has 2 heterocycles. The number of halogens is 1. The molecule has 0 radical (unpaired) electrons. The summed E-state index contributed by atoms with van der Waals surface area (Å²) in [5, 5.41) is 24.3. The lowest BCUT2D eigenvalue weighted by Gasteiger charge is -2.15. The Kier molecular flexibility index (Phi) is 6.59. The highest BCUT2D eigenvalue weighted by atomic mass is 35.5. The van der Waals surface area contributed by atoms with Crippen LogP contribution >= 0.6 is 11.6 Å². The van der Waals surface area contributed by atoms with Gasteiger partial charge in [0.1, 0.15) is 29.0 Å². The lowest BCUT2D eigenvalue weighted by atomic mass is 10.1. The number of tetrazole rings is 1. The quantitative estimate of drug-likeness (QED) is 0.412. The predicted molar refractivity (Wildman–Crippen MR) is 117 cm³/mol. The van der Waals surface area contributed by atoms with Crippen LogP contribution in [0.1, 0.15) is 36.0 Å². The van der Waals surface area contributed by atoms with E-state index in [2.05, 4.69) is 32.5 Å². The summed E-state index contributed by atoms with van der Waals surface area (Å²) in [6.45, 7) is 2.78. The van der Waals surface area contributed by atoms with Gasteiger partial charge in [0.2, 0.25) is 5.82 Å². The molecule has 4 aromatic rings. The lowest BCUT2D eigenvalue weighted by molar-refractivity contribution is 0.277. The number of aromatic amines is 1. The molecule has 0 amide bonds. The van der Waals surface area contributed by atoms with E-state index in [4.69, 9.17) is 16.3 Å². The van der Waals surface area contributed by atoms with Crippen LogP contribution in [-0.4, -0.2) is 35.3 Å². The number of nitrogens with one attached hydrogen (secondary N) is 1. The normalized spacial score (nSPS) is 11.1. The number of rotatable bonds is 9. The van der Waals surface area contributed by atoms with Gasteiger partial charge in [0.05, 0.1) is 13.2 Å². The van der Waals surface area contributed by atoms with Crippen molar-refractivity contribution in [1.29, 1.82) is 0 Å². The summed E-state index contributed by atoms with van der Waals surface area (Å²) in [6, 6.07) is 15.8. The zero-order chi connectivity index (χ0) is 21.6. The van der Waals surface area contributed by atoms with Gasteiger partial charge in [-0.25, -0.2) is 4.98 Å². The topological polar surface area (TPSA) is 102 Å². The zero-order valence-electron chi connectivity index (χ0n) is 17.1. The second-order valence-corrected chi connectivity index (χ2v) is 7.45. The van der Waals surface area contributed by atoms with E-state index >= 15 is 0 Å². The number of benzene rings is 2. The molecule has 0 aliphatic carbocycles. The highest BCUT2D eigenvalue weighted by molar-refractivity contribution is 6.30. The van der Waals surface area contributed by atoms with Crippen LogP contribution in [0, 0.1) is 0 Å². The maximum Gasteiger partial charge on any atom is 0.204 e. The van der Waals surface area contributed by atoms with E-state index in [1.807, 2.05) is 53.1 Å². The van der Waals surface area contributed by atoms with E-state index in [0.29, 0.717) is 35.6 Å². The molecule has 8 nitrogen and oxygen atoms in total. The average molecular weight is 439 g/mol. The van der Waals surface area contributed by atoms with Gasteiger partial charge in [-0.05, 0) is 23.3 Å². The first kappa shape index (κ1) is 21.0. The molecule has 2 aromatic heterocycles. The van der Waals surface area contributed by atoms with Gasteiger partial charge >= 0.3 is 0 Å². The molecule has 0 aliphatic heterocycles. The molecule has 0 unspecified atom stereocenters. The number of nitrogens with zero attached hydrogens (tertiary/aromatic N) is 5. The third-order valence-electron chi connectivity index (χ3n) is 4.91. The minimum atomic E-state index is -0.198. The molecule has 0 atom stereocenters. The average Bonchev–Trinajstić information content (AvgIpc) is 3.43. The van der Waals surface area contributed by atoms with Gasteiger partial charge in [-0.3, -0.25) is 0 Å². The number of aryl methyl sites for hydroxylation is 1. The Bertz CT molecular complexity index is 1130. The van der Waals surface area contributed by atoms with Crippen LogP contribution in [0.5, 0.6) is 5.75 Å². The minimum absolute atomic E-state index is 0.198. The first-order valence-electron chi connectivity index (χ1n) is 10.1. The van der Waals surface area contributed by atoms with E-state index in [-0.39, 0.29) is 6.61 Å². The van der Waals surface area contributed by atoms with Gasteiger partial charge < -0.3 is 14.4 Å². The molecule has 4 rings (SSSR count). The fourth-order valence-electron chi connectivity index (χ4n) is 3.36. The second-order valence-electron chi connectivity index (χ2n) is 7.09. The Labute approximate surface area is 184 Å². The molecular formula is C22H23ClN6O2. The van der Waals surface area contributed by atoms with Crippen LogP contribution in [0.4, 0.5) is 0 Å². The standard InChI is InChI=1S/C22H23ClN6O2/c1-2-6-20-24-18(13-30)21(23)29(20)12-17-10-9-16(22-25-27-28-26-22)11-19(17)31-14-15-7-4-3-5-8-15/h3-5,7-11,30H,2,6,12-14H2,1H3,(H,25,26,27,28). The van der Waals surface area contributed by atoms with Crippen molar-refractivity contribution in [3.63, 3.8) is 0 Å². The van der Waals surface area contributed by atoms with Gasteiger partial charge in [-0.2, -0.15) is 5.21 Å². The number of aliphatic hydroxyl groups excluding tert-OH is 1. The number of ether oxygens (including phenoxy) is 1. The maximum atomic E-state index is 9.59. The lowest BCUT2D eigenvalue weighted by Crippen LogP contribution is -2.08. The van der Waals surface area contributed by atoms with Crippen molar-refractivity contribution in [3.8, 4) is 17.1 Å². The Morgan fingerprint density at radius 3 is 2.71 bits per heavy atom. The Hall–Kier alpha value is -3.23. The van der Waals surface area contributed by atoms with E-state index in [1.54, 1.807) is 0 Å². The number of hydrogen-bond donors (Lipinski definition) is 2. The summed E-state index contributed by atoms with van der Waals surface area (Å²) in [7, 11) is 0. The SMILES string of the molecule is CCCc1nc(CO)c(Cl)n1Cc1ccc(-c2nn[nH]n2)cc1OCc1ccccc1. The first-order valence-corrected chi connectivity index (χ1v) is 10.5. The fraction of sp³-hybridized carbons (Fsp3) is 0.273. The van der Waals surface area contributed by atoms with Gasteiger partial charge in [0.25, 0.3) is 0 Å². The van der Waals surface area contributed by atoms with Gasteiger partial charge in [-0.15, -0.1) is 10.2 Å². The summed E-state index contributed by atoms with van der Waals surface area (Å²) in [5.41, 5.74) is 3.28. The van der Waals surface area contributed by atoms with Crippen LogP contribution in [0.25, 0.3) is 11.4 Å². The zero-order valence-corrected chi connectivity index (χ0v) is 17.9. The van der Waals surface area contributed by atoms with Crippen LogP contribution in [0.2, 0.25) is 5.15 Å². The van der Waals surface area contributed by atoms with Gasteiger partial charge in [-0.1, -0.05) is 61.0 Å². The molecule has 2 aromatic carbocycles. The number of H-pyrrole nitrogens is 1. The third kappa shape index (κ3) is 4.76. The Balaban J connectivity index is 1.68. The minimum Gasteiger partial charge on any atom is -0.489 e. The monoisotopic (exact) mass is 438 g/mol. The van der Waals surface area contributed by atoms with Crippen molar-refractivity contribution in [2.45, 2.75) is 39.5 Å². The highest BCUT2D eigenvalue weighted by Crippen LogP contribution is 2.29. The molecule has 9 heteroatoms. The van der Waals surface area contributed by atoms with Crippen molar-refractivity contribution in [2.75, 3.05) is 0 Å². The van der Waals surface area contributed by atoms with Crippen LogP contribution in [-0.2, 0) is 26.2 Å². The van der Waals surface area contributed by atoms with Crippen LogP contribution in [0.3, 0.4) is 0 Å². The molecule has 0 saturated heterocycles. The molecule has 31 heavy (non-hydrogen) atoms. The third-order valence-corrected chi connectivity index (χ3v) is 5.33. The Morgan fingerprint density at radius 1 is 1.16 bits per heavy atom. The molecule has 0 aliphatic rings. The summed E-state index contributed by atoms with van der Waals surface area (Å²) in [6.07, 6.45) is 1.69. The smallest absolute Gasteiger partial charge is 0.204 e. The van der Waals surface area contributed by atoms with E-state index in [1.165, 1.54) is 0 Å². The number of aromatic nitrogens is 6. The largest absolute Gasteiger partial charge is 0.489 e. The van der Waals surface area contributed by atoms with E-state index in [0.717, 1.165) is 35.4 Å². The van der Waals surface area contributed by atoms with Crippen LogP contribution < -0.4 is 4.74 Å². The summed E-state index contributed by atoms with van der Waals surface area (Å²) < 4.78 is 8.12. The van der Waals surface area contributed by atoms with Crippen molar-refractivity contribution in [2.24, 2.45) is 0 Å². The van der Waals surface area contributed by atoms with Crippen molar-refractivity contribution in [1.82, 2.24) is 30.2 Å². The van der Waals surface area contributed by atoms with Gasteiger partial charge in [0.15, 0.2) is 0 Å². The summed E-state index contributed by atoms with van der Waals surface area (Å²) >= 11 is 6.52. The molecule has 160 valence electrons. The summed E-state index contributed by atoms with van der Waals surface area (Å²) in [4.78, 5) is 4.50. The second kappa shape index (κ2) is 9.72. The first-order chi connectivity index (χ1) is 15.2. The molecule has 0 bridgehead atoms. The Morgan fingerprint density at radius 2 is 2.00 bits per heavy atom. The van der Waals surface area contributed by atoms with Gasteiger partial charge in [0, 0.05) is 17.5 Å². The molecule has 0 saturated carbocycles. The van der Waals surface area contributed by atoms with Crippen molar-refractivity contribution < 1.29 is 9.84 Å². The predicted octanol–water partition coefficient (Wildman–Crippen LogP) is 3.79. The van der Waals surface area contributed by atoms with E-state index < -0.39 is 0 Å². The van der Waals surface area contributed by atoms with E-state index in [9.17, 15) is 5.11 Å².